The fraction of sp³-hybridized carbons (Fsp3) is 0.480. The van der Waals surface area contributed by atoms with E-state index in [2.05, 4.69) is 5.32 Å². The highest BCUT2D eigenvalue weighted by molar-refractivity contribution is 6.12. The van der Waals surface area contributed by atoms with E-state index in [0.29, 0.717) is 29.7 Å². The molecule has 1 aliphatic carbocycles. The van der Waals surface area contributed by atoms with Crippen molar-refractivity contribution in [3.63, 3.8) is 0 Å². The van der Waals surface area contributed by atoms with Crippen LogP contribution in [0.15, 0.2) is 46.8 Å². The number of nitrogens with one attached hydrogen (secondary N) is 1. The zero-order valence-electron chi connectivity index (χ0n) is 19.1. The van der Waals surface area contributed by atoms with Crippen LogP contribution in [0.25, 0.3) is 0 Å². The Morgan fingerprint density at radius 1 is 1.23 bits per heavy atom. The van der Waals surface area contributed by atoms with Crippen molar-refractivity contribution in [2.45, 2.75) is 59.5 Å². The summed E-state index contributed by atoms with van der Waals surface area (Å²) in [6.07, 6.45) is 0.967. The molecule has 1 aliphatic heterocycles. The summed E-state index contributed by atoms with van der Waals surface area (Å²) in [5.41, 5.74) is 4.15. The molecule has 0 saturated heterocycles. The number of aryl methyl sites for hydroxylation is 1. The molecule has 0 aromatic heterocycles. The van der Waals surface area contributed by atoms with Crippen molar-refractivity contribution >= 4 is 17.7 Å². The van der Waals surface area contributed by atoms with Crippen LogP contribution in [-0.4, -0.2) is 30.9 Å². The van der Waals surface area contributed by atoms with E-state index in [-0.39, 0.29) is 17.8 Å². The van der Waals surface area contributed by atoms with Crippen molar-refractivity contribution in [3.05, 3.63) is 57.9 Å². The summed E-state index contributed by atoms with van der Waals surface area (Å²) >= 11 is 0. The molecular formula is C25H31NO5. The van der Waals surface area contributed by atoms with Crippen LogP contribution in [-0.2, 0) is 23.9 Å². The van der Waals surface area contributed by atoms with E-state index in [4.69, 9.17) is 9.47 Å². The third-order valence-electron chi connectivity index (χ3n) is 6.35. The number of ketones is 1. The first kappa shape index (κ1) is 22.8. The van der Waals surface area contributed by atoms with Gasteiger partial charge in [-0.05, 0) is 50.7 Å². The number of rotatable bonds is 5. The normalized spacial score (nSPS) is 24.3. The van der Waals surface area contributed by atoms with E-state index in [0.717, 1.165) is 16.8 Å². The maximum absolute atomic E-state index is 13.6. The zero-order chi connectivity index (χ0) is 22.9. The molecule has 0 spiro atoms. The van der Waals surface area contributed by atoms with Gasteiger partial charge in [-0.2, -0.15) is 0 Å². The van der Waals surface area contributed by atoms with Gasteiger partial charge in [-0.1, -0.05) is 38.1 Å². The summed E-state index contributed by atoms with van der Waals surface area (Å²) < 4.78 is 10.6. The molecule has 0 radical (unpaired) electrons. The van der Waals surface area contributed by atoms with E-state index in [9.17, 15) is 14.4 Å². The molecule has 1 aromatic rings. The predicted molar refractivity (Wildman–Crippen MR) is 117 cm³/mol. The molecule has 0 bridgehead atoms. The summed E-state index contributed by atoms with van der Waals surface area (Å²) in [6, 6.07) is 7.70. The van der Waals surface area contributed by atoms with Gasteiger partial charge in [0.1, 0.15) is 5.92 Å². The van der Waals surface area contributed by atoms with Gasteiger partial charge in [0.05, 0.1) is 18.8 Å². The van der Waals surface area contributed by atoms with Gasteiger partial charge in [0.15, 0.2) is 5.78 Å². The average molecular weight is 426 g/mol. The number of esters is 2. The van der Waals surface area contributed by atoms with Crippen molar-refractivity contribution in [3.8, 4) is 0 Å². The van der Waals surface area contributed by atoms with Gasteiger partial charge in [-0.3, -0.25) is 9.59 Å². The second-order valence-electron chi connectivity index (χ2n) is 8.52. The first-order valence-electron chi connectivity index (χ1n) is 10.8. The fourth-order valence-corrected chi connectivity index (χ4v) is 4.50. The van der Waals surface area contributed by atoms with Crippen LogP contribution in [0.3, 0.4) is 0 Å². The van der Waals surface area contributed by atoms with Crippen LogP contribution in [0.5, 0.6) is 0 Å². The first-order valence-corrected chi connectivity index (χ1v) is 10.8. The van der Waals surface area contributed by atoms with E-state index in [1.54, 1.807) is 0 Å². The Bertz CT molecular complexity index is 974. The number of allylic oxidation sites excluding steroid dienone is 3. The van der Waals surface area contributed by atoms with Gasteiger partial charge in [0, 0.05) is 22.9 Å². The molecular weight excluding hydrogens is 394 g/mol. The highest BCUT2D eigenvalue weighted by Crippen LogP contribution is 2.46. The van der Waals surface area contributed by atoms with Crippen molar-refractivity contribution in [2.75, 3.05) is 7.11 Å². The van der Waals surface area contributed by atoms with Crippen molar-refractivity contribution in [2.24, 2.45) is 11.8 Å². The summed E-state index contributed by atoms with van der Waals surface area (Å²) in [5, 5.41) is 3.28. The first-order chi connectivity index (χ1) is 14.7. The standard InChI is InChI=1S/C25H31NO5/c1-7-15(4)31-25(29)20-16(5)26-18-12-14(3)19(24(28)30-6)23(27)22(18)21(20)17-11-9-8-10-13(17)2/h8-11,14-15,19,21,26H,7,12H2,1-6H3. The lowest BCUT2D eigenvalue weighted by atomic mass is 9.68. The third kappa shape index (κ3) is 4.16. The fourth-order valence-electron chi connectivity index (χ4n) is 4.50. The van der Waals surface area contributed by atoms with Crippen molar-refractivity contribution < 1.29 is 23.9 Å². The van der Waals surface area contributed by atoms with Crippen LogP contribution in [0, 0.1) is 18.8 Å². The minimum absolute atomic E-state index is 0.204. The maximum atomic E-state index is 13.6. The predicted octanol–water partition coefficient (Wildman–Crippen LogP) is 3.95. The molecule has 31 heavy (non-hydrogen) atoms. The highest BCUT2D eigenvalue weighted by atomic mass is 16.5. The van der Waals surface area contributed by atoms with Gasteiger partial charge in [-0.15, -0.1) is 0 Å². The number of carbonyl (C=O) groups is 3. The Labute approximate surface area is 183 Å². The Morgan fingerprint density at radius 2 is 1.90 bits per heavy atom. The summed E-state index contributed by atoms with van der Waals surface area (Å²) in [7, 11) is 1.29. The van der Waals surface area contributed by atoms with Crippen molar-refractivity contribution in [1.29, 1.82) is 0 Å². The van der Waals surface area contributed by atoms with Gasteiger partial charge in [-0.25, -0.2) is 4.79 Å². The quantitative estimate of drug-likeness (QED) is 0.568. The molecule has 6 nitrogen and oxygen atoms in total. The molecule has 0 fully saturated rings. The second-order valence-corrected chi connectivity index (χ2v) is 8.52. The Hall–Kier alpha value is -2.89. The Morgan fingerprint density at radius 3 is 2.52 bits per heavy atom. The number of ether oxygens (including phenoxy) is 2. The summed E-state index contributed by atoms with van der Waals surface area (Å²) in [4.78, 5) is 39.3. The summed E-state index contributed by atoms with van der Waals surface area (Å²) in [6.45, 7) is 9.46. The van der Waals surface area contributed by atoms with Crippen molar-refractivity contribution in [1.82, 2.24) is 5.32 Å². The Kier molecular flexibility index (Phi) is 6.68. The SMILES string of the molecule is CCC(C)OC(=O)C1=C(C)NC2=C(C(=O)C(C(=O)OC)C(C)C2)C1c1ccccc1C. The number of hydrogen-bond acceptors (Lipinski definition) is 6. The summed E-state index contributed by atoms with van der Waals surface area (Å²) in [5.74, 6) is -2.96. The highest BCUT2D eigenvalue weighted by Gasteiger charge is 2.47. The van der Waals surface area contributed by atoms with E-state index in [1.807, 2.05) is 58.9 Å². The van der Waals surface area contributed by atoms with Gasteiger partial charge in [0.2, 0.25) is 0 Å². The Balaban J connectivity index is 2.18. The molecule has 6 heteroatoms. The van der Waals surface area contributed by atoms with Crippen LogP contribution < -0.4 is 5.32 Å². The number of benzene rings is 1. The van der Waals surface area contributed by atoms with Gasteiger partial charge >= 0.3 is 11.9 Å². The van der Waals surface area contributed by atoms with Crippen LogP contribution >= 0.6 is 0 Å². The largest absolute Gasteiger partial charge is 0.468 e. The minimum atomic E-state index is -0.887. The molecule has 1 N–H and O–H groups in total. The minimum Gasteiger partial charge on any atom is -0.468 e. The van der Waals surface area contributed by atoms with Crippen LogP contribution in [0.2, 0.25) is 0 Å². The molecule has 4 atom stereocenters. The topological polar surface area (TPSA) is 81.7 Å². The number of Topliss-reactive ketones (excluding diaryl/α,β-unsaturated/α-hetero) is 1. The van der Waals surface area contributed by atoms with E-state index >= 15 is 0 Å². The molecule has 3 rings (SSSR count). The zero-order valence-corrected chi connectivity index (χ0v) is 19.1. The third-order valence-corrected chi connectivity index (χ3v) is 6.35. The lowest BCUT2D eigenvalue weighted by Crippen LogP contribution is -2.43. The van der Waals surface area contributed by atoms with Crippen LogP contribution in [0.1, 0.15) is 57.6 Å². The monoisotopic (exact) mass is 425 g/mol. The number of carbonyl (C=O) groups excluding carboxylic acids is 3. The molecule has 0 saturated carbocycles. The van der Waals surface area contributed by atoms with E-state index in [1.165, 1.54) is 7.11 Å². The van der Waals surface area contributed by atoms with Gasteiger partial charge in [0.25, 0.3) is 0 Å². The second kappa shape index (κ2) is 9.08. The molecule has 166 valence electrons. The molecule has 1 heterocycles. The lowest BCUT2D eigenvalue weighted by molar-refractivity contribution is -0.151. The molecule has 4 unspecified atom stereocenters. The number of hydrogen-bond donors (Lipinski definition) is 1. The average Bonchev–Trinajstić information content (AvgIpc) is 2.72. The van der Waals surface area contributed by atoms with Crippen LogP contribution in [0.4, 0.5) is 0 Å². The number of dihydropyridines is 1. The maximum Gasteiger partial charge on any atom is 0.337 e. The lowest BCUT2D eigenvalue weighted by Gasteiger charge is -2.38. The van der Waals surface area contributed by atoms with Gasteiger partial charge < -0.3 is 14.8 Å². The van der Waals surface area contributed by atoms with E-state index < -0.39 is 23.8 Å². The molecule has 2 aliphatic rings. The molecule has 0 amide bonds. The molecule has 1 aromatic carbocycles. The smallest absolute Gasteiger partial charge is 0.337 e. The number of methoxy groups -OCH3 is 1.